The highest BCUT2D eigenvalue weighted by atomic mass is 16.7. The summed E-state index contributed by atoms with van der Waals surface area (Å²) in [6.45, 7) is -0.194. The van der Waals surface area contributed by atoms with Gasteiger partial charge in [0.1, 0.15) is 48.8 Å². The van der Waals surface area contributed by atoms with Crippen LogP contribution in [-0.2, 0) is 19.0 Å². The van der Waals surface area contributed by atoms with Gasteiger partial charge in [0.2, 0.25) is 5.91 Å². The fourth-order valence-corrected chi connectivity index (χ4v) is 2.98. The zero-order valence-corrected chi connectivity index (χ0v) is 14.0. The minimum absolute atomic E-state index is 0.574. The molecular weight excluding hydrogens is 358 g/mol. The van der Waals surface area contributed by atoms with E-state index in [1.54, 1.807) is 0 Å². The van der Waals surface area contributed by atoms with E-state index < -0.39 is 80.5 Å². The van der Waals surface area contributed by atoms with Crippen LogP contribution in [0, 0.1) is 0 Å². The summed E-state index contributed by atoms with van der Waals surface area (Å²) < 4.78 is 15.8. The molecule has 2 aliphatic rings. The summed E-state index contributed by atoms with van der Waals surface area (Å²) in [5.74, 6) is -0.574. The van der Waals surface area contributed by atoms with Crippen molar-refractivity contribution in [2.45, 2.75) is 68.3 Å². The van der Waals surface area contributed by atoms with E-state index in [9.17, 15) is 40.5 Å². The first-order valence-corrected chi connectivity index (χ1v) is 8.06. The van der Waals surface area contributed by atoms with Gasteiger partial charge in [0.15, 0.2) is 12.6 Å². The summed E-state index contributed by atoms with van der Waals surface area (Å²) in [4.78, 5) is 11.4. The van der Waals surface area contributed by atoms with Gasteiger partial charge in [-0.2, -0.15) is 0 Å². The Bertz CT molecular complexity index is 478. The van der Waals surface area contributed by atoms with Crippen molar-refractivity contribution in [3.05, 3.63) is 0 Å². The number of hydrogen-bond acceptors (Lipinski definition) is 11. The summed E-state index contributed by atoms with van der Waals surface area (Å²) >= 11 is 0. The lowest BCUT2D eigenvalue weighted by atomic mass is 9.95. The Balaban J connectivity index is 2.22. The standard InChI is InChI=1S/C14H25NO11/c1-4(18)15-7-9(20)8(19)5(2-16)25-14(7)26-12-6(3-17)24-13(23)11(22)10(12)21/h5-14,16-17,19-23H,2-3H2,1H3,(H,15,18)/t5-,6-,7-,8-,9-,10-,11+,12-,13-,14-/m1/s1. The Labute approximate surface area is 148 Å². The Kier molecular flexibility index (Phi) is 7.27. The normalized spacial score (nSPS) is 46.8. The minimum Gasteiger partial charge on any atom is -0.394 e. The van der Waals surface area contributed by atoms with Crippen molar-refractivity contribution in [2.75, 3.05) is 13.2 Å². The van der Waals surface area contributed by atoms with Crippen LogP contribution in [0.25, 0.3) is 0 Å². The highest BCUT2D eigenvalue weighted by Gasteiger charge is 2.50. The van der Waals surface area contributed by atoms with Gasteiger partial charge in [0.05, 0.1) is 13.2 Å². The van der Waals surface area contributed by atoms with Gasteiger partial charge < -0.3 is 55.3 Å². The SMILES string of the molecule is CC(=O)N[C@H]1[C@@H](O[C@H]2[C@H](O)[C@H](O)[C@H](O)O[C@@H]2CO)O[C@H](CO)[C@@H](O)[C@@H]1O. The van der Waals surface area contributed by atoms with Crippen LogP contribution in [0.15, 0.2) is 0 Å². The van der Waals surface area contributed by atoms with Gasteiger partial charge >= 0.3 is 0 Å². The predicted octanol–water partition coefficient (Wildman–Crippen LogP) is -5.25. The predicted molar refractivity (Wildman–Crippen MR) is 80.2 cm³/mol. The van der Waals surface area contributed by atoms with Gasteiger partial charge in [0.25, 0.3) is 0 Å². The van der Waals surface area contributed by atoms with E-state index in [0.717, 1.165) is 6.92 Å². The number of aliphatic hydroxyl groups excluding tert-OH is 7. The number of nitrogens with one attached hydrogen (secondary N) is 1. The molecule has 0 radical (unpaired) electrons. The number of carbonyl (C=O) groups is 1. The average molecular weight is 383 g/mol. The second-order valence-corrected chi connectivity index (χ2v) is 6.26. The number of hydrogen-bond donors (Lipinski definition) is 8. The molecule has 26 heavy (non-hydrogen) atoms. The number of ether oxygens (including phenoxy) is 3. The van der Waals surface area contributed by atoms with Crippen molar-refractivity contribution in [1.29, 1.82) is 0 Å². The first-order valence-electron chi connectivity index (χ1n) is 8.06. The number of aliphatic hydroxyl groups is 7. The van der Waals surface area contributed by atoms with Gasteiger partial charge in [-0.1, -0.05) is 0 Å². The monoisotopic (exact) mass is 383 g/mol. The first kappa shape index (κ1) is 21.4. The van der Waals surface area contributed by atoms with E-state index in [2.05, 4.69) is 5.32 Å². The number of carbonyl (C=O) groups excluding carboxylic acids is 1. The van der Waals surface area contributed by atoms with Crippen LogP contribution in [0.3, 0.4) is 0 Å². The Hall–Kier alpha value is -0.930. The van der Waals surface area contributed by atoms with Crippen LogP contribution in [0.4, 0.5) is 0 Å². The van der Waals surface area contributed by atoms with E-state index in [1.807, 2.05) is 0 Å². The zero-order chi connectivity index (χ0) is 19.6. The third-order valence-electron chi connectivity index (χ3n) is 4.38. The molecule has 2 fully saturated rings. The molecule has 10 atom stereocenters. The summed E-state index contributed by atoms with van der Waals surface area (Å²) in [5.41, 5.74) is 0. The quantitative estimate of drug-likeness (QED) is 0.226. The van der Waals surface area contributed by atoms with Crippen molar-refractivity contribution in [2.24, 2.45) is 0 Å². The Morgan fingerprint density at radius 2 is 1.54 bits per heavy atom. The maximum atomic E-state index is 11.4. The van der Waals surface area contributed by atoms with E-state index in [0.29, 0.717) is 0 Å². The van der Waals surface area contributed by atoms with Crippen molar-refractivity contribution in [3.63, 3.8) is 0 Å². The molecule has 0 spiro atoms. The molecule has 1 amide bonds. The second kappa shape index (κ2) is 8.84. The second-order valence-electron chi connectivity index (χ2n) is 6.26. The molecule has 0 aromatic carbocycles. The van der Waals surface area contributed by atoms with Crippen molar-refractivity contribution >= 4 is 5.91 Å². The van der Waals surface area contributed by atoms with Gasteiger partial charge in [0, 0.05) is 6.92 Å². The van der Waals surface area contributed by atoms with Gasteiger partial charge in [-0.15, -0.1) is 0 Å². The third-order valence-corrected chi connectivity index (χ3v) is 4.38. The molecule has 0 saturated carbocycles. The van der Waals surface area contributed by atoms with Crippen LogP contribution in [-0.4, -0.2) is 116 Å². The summed E-state index contributed by atoms with van der Waals surface area (Å²) in [7, 11) is 0. The van der Waals surface area contributed by atoms with Crippen molar-refractivity contribution in [1.82, 2.24) is 5.32 Å². The molecule has 12 nitrogen and oxygen atoms in total. The molecule has 0 bridgehead atoms. The molecule has 2 heterocycles. The first-order chi connectivity index (χ1) is 12.2. The fourth-order valence-electron chi connectivity index (χ4n) is 2.98. The van der Waals surface area contributed by atoms with E-state index >= 15 is 0 Å². The molecule has 2 aliphatic heterocycles. The molecule has 2 saturated heterocycles. The Morgan fingerprint density at radius 1 is 0.923 bits per heavy atom. The lowest BCUT2D eigenvalue weighted by molar-refractivity contribution is -0.341. The molecule has 0 aliphatic carbocycles. The summed E-state index contributed by atoms with van der Waals surface area (Å²) in [6.07, 6.45) is -13.6. The van der Waals surface area contributed by atoms with Crippen LogP contribution in [0.2, 0.25) is 0 Å². The largest absolute Gasteiger partial charge is 0.394 e. The van der Waals surface area contributed by atoms with E-state index in [4.69, 9.17) is 14.2 Å². The molecule has 0 aromatic heterocycles. The van der Waals surface area contributed by atoms with Gasteiger partial charge in [-0.05, 0) is 0 Å². The molecule has 0 aromatic rings. The maximum absolute atomic E-state index is 11.4. The lowest BCUT2D eigenvalue weighted by Crippen LogP contribution is -2.67. The lowest BCUT2D eigenvalue weighted by Gasteiger charge is -2.46. The smallest absolute Gasteiger partial charge is 0.217 e. The van der Waals surface area contributed by atoms with Crippen LogP contribution >= 0.6 is 0 Å². The molecule has 8 N–H and O–H groups in total. The highest BCUT2D eigenvalue weighted by Crippen LogP contribution is 2.28. The third kappa shape index (κ3) is 4.31. The topological polar surface area (TPSA) is 198 Å². The fraction of sp³-hybridized carbons (Fsp3) is 0.929. The van der Waals surface area contributed by atoms with Crippen molar-refractivity contribution in [3.8, 4) is 0 Å². The number of amides is 1. The number of rotatable bonds is 5. The minimum atomic E-state index is -1.75. The average Bonchev–Trinajstić information content (AvgIpc) is 2.60. The van der Waals surface area contributed by atoms with Crippen molar-refractivity contribution < 1.29 is 54.8 Å². The van der Waals surface area contributed by atoms with E-state index in [1.165, 1.54) is 0 Å². The Morgan fingerprint density at radius 3 is 2.08 bits per heavy atom. The zero-order valence-electron chi connectivity index (χ0n) is 14.0. The van der Waals surface area contributed by atoms with Crippen LogP contribution in [0.1, 0.15) is 6.92 Å². The molecule has 0 unspecified atom stereocenters. The molecular formula is C14H25NO11. The highest BCUT2D eigenvalue weighted by molar-refractivity contribution is 5.73. The summed E-state index contributed by atoms with van der Waals surface area (Å²) in [6, 6.07) is -1.28. The molecule has 12 heteroatoms. The van der Waals surface area contributed by atoms with Crippen LogP contribution in [0.5, 0.6) is 0 Å². The molecule has 152 valence electrons. The van der Waals surface area contributed by atoms with E-state index in [-0.39, 0.29) is 0 Å². The molecule has 2 rings (SSSR count). The van der Waals surface area contributed by atoms with Gasteiger partial charge in [-0.3, -0.25) is 4.79 Å². The van der Waals surface area contributed by atoms with Crippen LogP contribution < -0.4 is 5.32 Å². The summed E-state index contributed by atoms with van der Waals surface area (Å²) in [5, 5.41) is 70.5. The van der Waals surface area contributed by atoms with Gasteiger partial charge in [-0.25, -0.2) is 0 Å². The maximum Gasteiger partial charge on any atom is 0.217 e.